The SMILES string of the molecule is FC(F)(F)c1ccc(C2CCN(CC3CC(c4cccc(C(F)(F)F)c4)N3Cc3ccccc3Br)CC2)cc1. The van der Waals surface area contributed by atoms with Gasteiger partial charge in [0.05, 0.1) is 11.1 Å². The van der Waals surface area contributed by atoms with Gasteiger partial charge >= 0.3 is 12.4 Å². The van der Waals surface area contributed by atoms with Crippen molar-refractivity contribution >= 4 is 15.9 Å². The topological polar surface area (TPSA) is 6.48 Å². The first-order chi connectivity index (χ1) is 18.5. The summed E-state index contributed by atoms with van der Waals surface area (Å²) in [6, 6.07) is 19.1. The van der Waals surface area contributed by atoms with Gasteiger partial charge in [0.1, 0.15) is 0 Å². The second-order valence-electron chi connectivity index (χ2n) is 10.5. The van der Waals surface area contributed by atoms with Crippen LogP contribution in [-0.2, 0) is 18.9 Å². The quantitative estimate of drug-likeness (QED) is 0.258. The summed E-state index contributed by atoms with van der Waals surface area (Å²) >= 11 is 3.61. The lowest BCUT2D eigenvalue weighted by Crippen LogP contribution is -2.55. The number of halogens is 7. The number of likely N-dealkylation sites (tertiary alicyclic amines) is 2. The van der Waals surface area contributed by atoms with Gasteiger partial charge < -0.3 is 4.90 Å². The Kier molecular flexibility index (Phi) is 8.13. The molecule has 0 aliphatic carbocycles. The Morgan fingerprint density at radius 3 is 2.05 bits per heavy atom. The van der Waals surface area contributed by atoms with E-state index in [1.807, 2.05) is 24.3 Å². The van der Waals surface area contributed by atoms with Crippen molar-refractivity contribution in [2.24, 2.45) is 0 Å². The maximum Gasteiger partial charge on any atom is 0.416 e. The molecule has 208 valence electrons. The summed E-state index contributed by atoms with van der Waals surface area (Å²) in [4.78, 5) is 4.66. The highest BCUT2D eigenvalue weighted by molar-refractivity contribution is 9.10. The molecule has 2 heterocycles. The fourth-order valence-electron chi connectivity index (χ4n) is 5.83. The minimum absolute atomic E-state index is 0.103. The fraction of sp³-hybridized carbons (Fsp3) is 0.400. The van der Waals surface area contributed by atoms with Crippen LogP contribution in [0.2, 0.25) is 0 Å². The summed E-state index contributed by atoms with van der Waals surface area (Å²) in [7, 11) is 0. The molecule has 3 aromatic rings. The number of rotatable bonds is 6. The molecule has 0 amide bonds. The van der Waals surface area contributed by atoms with Gasteiger partial charge in [-0.15, -0.1) is 0 Å². The van der Waals surface area contributed by atoms with Gasteiger partial charge in [-0.1, -0.05) is 58.4 Å². The monoisotopic (exact) mass is 610 g/mol. The van der Waals surface area contributed by atoms with Crippen LogP contribution in [0.3, 0.4) is 0 Å². The summed E-state index contributed by atoms with van der Waals surface area (Å²) in [6.45, 7) is 3.09. The predicted molar refractivity (Wildman–Crippen MR) is 142 cm³/mol. The molecule has 3 aromatic carbocycles. The molecule has 0 saturated carbocycles. The van der Waals surface area contributed by atoms with E-state index in [1.165, 1.54) is 12.1 Å². The Morgan fingerprint density at radius 1 is 0.744 bits per heavy atom. The predicted octanol–water partition coefficient (Wildman–Crippen LogP) is 8.68. The van der Waals surface area contributed by atoms with Gasteiger partial charge in [0.15, 0.2) is 0 Å². The second kappa shape index (κ2) is 11.3. The van der Waals surface area contributed by atoms with Crippen LogP contribution in [0.25, 0.3) is 0 Å². The molecule has 0 aromatic heterocycles. The van der Waals surface area contributed by atoms with E-state index >= 15 is 0 Å². The molecular weight excluding hydrogens is 582 g/mol. The lowest BCUT2D eigenvalue weighted by Gasteiger charge is -2.51. The van der Waals surface area contributed by atoms with E-state index in [9.17, 15) is 26.3 Å². The molecule has 0 spiro atoms. The molecule has 2 atom stereocenters. The first-order valence-electron chi connectivity index (χ1n) is 13.0. The third-order valence-electron chi connectivity index (χ3n) is 8.04. The summed E-state index contributed by atoms with van der Waals surface area (Å²) in [5, 5.41) is 0. The molecule has 2 unspecified atom stereocenters. The van der Waals surface area contributed by atoms with Gasteiger partial charge in [-0.05, 0) is 85.3 Å². The maximum absolute atomic E-state index is 13.4. The molecule has 2 aliphatic heterocycles. The van der Waals surface area contributed by atoms with Crippen molar-refractivity contribution in [3.05, 3.63) is 105 Å². The molecule has 0 radical (unpaired) electrons. The van der Waals surface area contributed by atoms with Gasteiger partial charge in [0, 0.05) is 29.6 Å². The van der Waals surface area contributed by atoms with Crippen LogP contribution in [-0.4, -0.2) is 35.5 Å². The number of benzene rings is 3. The van der Waals surface area contributed by atoms with Crippen molar-refractivity contribution in [2.75, 3.05) is 19.6 Å². The Bertz CT molecular complexity index is 1270. The van der Waals surface area contributed by atoms with Crippen molar-refractivity contribution in [1.29, 1.82) is 0 Å². The van der Waals surface area contributed by atoms with Gasteiger partial charge in [-0.2, -0.15) is 26.3 Å². The van der Waals surface area contributed by atoms with E-state index in [0.29, 0.717) is 12.1 Å². The van der Waals surface area contributed by atoms with Crippen LogP contribution in [0.5, 0.6) is 0 Å². The largest absolute Gasteiger partial charge is 0.416 e. The lowest BCUT2D eigenvalue weighted by molar-refractivity contribution is -0.138. The molecule has 9 heteroatoms. The number of hydrogen-bond acceptors (Lipinski definition) is 2. The highest BCUT2D eigenvalue weighted by Crippen LogP contribution is 2.43. The minimum atomic E-state index is -4.39. The van der Waals surface area contributed by atoms with Crippen molar-refractivity contribution in [3.8, 4) is 0 Å². The van der Waals surface area contributed by atoms with E-state index in [4.69, 9.17) is 0 Å². The standard InChI is InChI=1S/C30H29BrF6N2/c31-27-7-2-1-4-23(27)18-39-26(17-28(39)22-5-3-6-25(16-22)30(35,36)37)19-38-14-12-21(13-15-38)20-8-10-24(11-9-20)29(32,33)34/h1-11,16,21,26,28H,12-15,17-19H2. The lowest BCUT2D eigenvalue weighted by atomic mass is 9.84. The molecular formula is C30H29BrF6N2. The van der Waals surface area contributed by atoms with E-state index in [1.54, 1.807) is 18.2 Å². The molecule has 2 aliphatic rings. The Hall–Kier alpha value is -2.36. The van der Waals surface area contributed by atoms with Crippen molar-refractivity contribution in [1.82, 2.24) is 9.80 Å². The van der Waals surface area contributed by atoms with Crippen LogP contribution in [0.15, 0.2) is 77.3 Å². The highest BCUT2D eigenvalue weighted by atomic mass is 79.9. The van der Waals surface area contributed by atoms with Crippen LogP contribution in [0, 0.1) is 0 Å². The number of piperidine rings is 1. The average Bonchev–Trinajstić information content (AvgIpc) is 2.90. The Balaban J connectivity index is 1.25. The molecule has 2 nitrogen and oxygen atoms in total. The molecule has 2 fully saturated rings. The molecule has 0 N–H and O–H groups in total. The Labute approximate surface area is 232 Å². The molecule has 5 rings (SSSR count). The summed E-state index contributed by atoms with van der Waals surface area (Å²) in [5.74, 6) is 0.221. The van der Waals surface area contributed by atoms with Crippen molar-refractivity contribution in [2.45, 2.75) is 56.2 Å². The van der Waals surface area contributed by atoms with Crippen LogP contribution < -0.4 is 0 Å². The first kappa shape index (κ1) is 28.2. The summed E-state index contributed by atoms with van der Waals surface area (Å²) in [6.07, 6.45) is -6.23. The minimum Gasteiger partial charge on any atom is -0.302 e. The zero-order valence-corrected chi connectivity index (χ0v) is 22.7. The highest BCUT2D eigenvalue weighted by Gasteiger charge is 2.41. The molecule has 2 saturated heterocycles. The van der Waals surface area contributed by atoms with Crippen LogP contribution in [0.1, 0.15) is 59.0 Å². The smallest absolute Gasteiger partial charge is 0.302 e. The third kappa shape index (κ3) is 6.52. The molecule has 39 heavy (non-hydrogen) atoms. The van der Waals surface area contributed by atoms with E-state index in [-0.39, 0.29) is 18.0 Å². The van der Waals surface area contributed by atoms with Crippen LogP contribution >= 0.6 is 15.9 Å². The van der Waals surface area contributed by atoms with E-state index in [2.05, 4.69) is 25.7 Å². The Morgan fingerprint density at radius 2 is 1.41 bits per heavy atom. The second-order valence-corrected chi connectivity index (χ2v) is 11.3. The van der Waals surface area contributed by atoms with Crippen molar-refractivity contribution < 1.29 is 26.3 Å². The van der Waals surface area contributed by atoms with Crippen molar-refractivity contribution in [3.63, 3.8) is 0 Å². The zero-order chi connectivity index (χ0) is 27.8. The van der Waals surface area contributed by atoms with Gasteiger partial charge in [-0.3, -0.25) is 4.90 Å². The van der Waals surface area contributed by atoms with E-state index < -0.39 is 23.5 Å². The van der Waals surface area contributed by atoms with Gasteiger partial charge in [0.25, 0.3) is 0 Å². The number of nitrogens with zero attached hydrogens (tertiary/aromatic N) is 2. The third-order valence-corrected chi connectivity index (χ3v) is 8.81. The van der Waals surface area contributed by atoms with Crippen LogP contribution in [0.4, 0.5) is 26.3 Å². The average molecular weight is 611 g/mol. The van der Waals surface area contributed by atoms with Gasteiger partial charge in [0.2, 0.25) is 0 Å². The summed E-state index contributed by atoms with van der Waals surface area (Å²) < 4.78 is 79.9. The zero-order valence-electron chi connectivity index (χ0n) is 21.2. The van der Waals surface area contributed by atoms with Gasteiger partial charge in [-0.25, -0.2) is 0 Å². The first-order valence-corrected chi connectivity index (χ1v) is 13.8. The summed E-state index contributed by atoms with van der Waals surface area (Å²) in [5.41, 5.74) is 1.43. The molecule has 0 bridgehead atoms. The number of hydrogen-bond donors (Lipinski definition) is 0. The van der Waals surface area contributed by atoms with E-state index in [0.717, 1.165) is 72.7 Å². The maximum atomic E-state index is 13.4. The fourth-order valence-corrected chi connectivity index (χ4v) is 6.24. The normalized spacial score (nSPS) is 21.6. The number of alkyl halides is 6.